The molecular formula is C27H39N7O10. The summed E-state index contributed by atoms with van der Waals surface area (Å²) in [5.41, 5.74) is 12.6. The van der Waals surface area contributed by atoms with Crippen LogP contribution >= 0.6 is 0 Å². The lowest BCUT2D eigenvalue weighted by atomic mass is 10.0. The summed E-state index contributed by atoms with van der Waals surface area (Å²) in [7, 11) is 0. The van der Waals surface area contributed by atoms with E-state index in [9.17, 15) is 44.1 Å². The standard InChI is InChI=1S/C27H39N7O10/c28-8-4-3-6-16(29)23(39)33-20(12-35)25(41)31-18(9-14-11-30-17-7-2-1-5-15(14)17)24(40)34-21(13-36)26(42)32-19(27(43)44)10-22(37)38/h1-2,5,7,11,16,18-21,30,35-36H,3-4,6,8-10,12-13,28-29H2,(H,31,41)(H,32,42)(H,33,39)(H,34,40)(H,37,38)(H,43,44)/t16-,18-,19-,20-,21-/m0/s1. The van der Waals surface area contributed by atoms with E-state index in [1.165, 1.54) is 0 Å². The van der Waals surface area contributed by atoms with Crippen LogP contribution in [0.4, 0.5) is 0 Å². The first-order valence-electron chi connectivity index (χ1n) is 13.8. The molecule has 2 rings (SSSR count). The molecule has 0 aliphatic rings. The molecule has 2 aromatic rings. The van der Waals surface area contributed by atoms with Crippen molar-refractivity contribution in [3.63, 3.8) is 0 Å². The summed E-state index contributed by atoms with van der Waals surface area (Å²) in [6, 6.07) is -0.390. The fourth-order valence-corrected chi connectivity index (χ4v) is 4.23. The molecule has 0 saturated carbocycles. The molecule has 44 heavy (non-hydrogen) atoms. The predicted molar refractivity (Wildman–Crippen MR) is 155 cm³/mol. The summed E-state index contributed by atoms with van der Waals surface area (Å²) in [5.74, 6) is -6.98. The maximum atomic E-state index is 13.4. The molecule has 0 spiro atoms. The van der Waals surface area contributed by atoms with Gasteiger partial charge in [0.2, 0.25) is 23.6 Å². The highest BCUT2D eigenvalue weighted by molar-refractivity contribution is 5.96. The number of rotatable bonds is 19. The molecule has 0 saturated heterocycles. The zero-order valence-corrected chi connectivity index (χ0v) is 23.8. The van der Waals surface area contributed by atoms with E-state index in [0.29, 0.717) is 30.3 Å². The van der Waals surface area contributed by atoms with Gasteiger partial charge in [0.15, 0.2) is 0 Å². The molecule has 0 aliphatic carbocycles. The number of hydrogen-bond acceptors (Lipinski definition) is 10. The SMILES string of the molecule is NCCCC[C@H](N)C(=O)N[C@@H](CO)C(=O)N[C@@H](Cc1c[nH]c2ccccc12)C(=O)N[C@@H](CO)C(=O)N[C@@H](CC(=O)O)C(=O)O. The maximum absolute atomic E-state index is 13.4. The topological polar surface area (TPSA) is 299 Å². The number of amides is 4. The lowest BCUT2D eigenvalue weighted by Crippen LogP contribution is -2.60. The molecule has 0 unspecified atom stereocenters. The van der Waals surface area contributed by atoms with Crippen LogP contribution in [0, 0.1) is 0 Å². The van der Waals surface area contributed by atoms with Crippen molar-refractivity contribution in [2.24, 2.45) is 11.5 Å². The largest absolute Gasteiger partial charge is 0.481 e. The molecule has 1 aromatic carbocycles. The van der Waals surface area contributed by atoms with E-state index in [1.807, 2.05) is 5.32 Å². The quantitative estimate of drug-likeness (QED) is 0.0686. The van der Waals surface area contributed by atoms with Crippen LogP contribution in [-0.4, -0.2) is 111 Å². The minimum atomic E-state index is -1.84. The number of fused-ring (bicyclic) bond motifs is 1. The Balaban J connectivity index is 2.25. The van der Waals surface area contributed by atoms with E-state index in [-0.39, 0.29) is 12.8 Å². The van der Waals surface area contributed by atoms with E-state index in [4.69, 9.17) is 16.6 Å². The Morgan fingerprint density at radius 3 is 1.89 bits per heavy atom. The van der Waals surface area contributed by atoms with Gasteiger partial charge in [0.1, 0.15) is 24.2 Å². The van der Waals surface area contributed by atoms with Gasteiger partial charge >= 0.3 is 11.9 Å². The van der Waals surface area contributed by atoms with Crippen LogP contribution in [-0.2, 0) is 35.2 Å². The van der Waals surface area contributed by atoms with Gasteiger partial charge in [-0.15, -0.1) is 0 Å². The normalized spacial score (nSPS) is 14.5. The highest BCUT2D eigenvalue weighted by Gasteiger charge is 2.32. The van der Waals surface area contributed by atoms with E-state index < -0.39 is 85.4 Å². The van der Waals surface area contributed by atoms with E-state index in [2.05, 4.69) is 20.9 Å². The smallest absolute Gasteiger partial charge is 0.326 e. The number of H-pyrrole nitrogens is 1. The van der Waals surface area contributed by atoms with Gasteiger partial charge in [-0.25, -0.2) is 4.79 Å². The van der Waals surface area contributed by atoms with Crippen molar-refractivity contribution in [3.05, 3.63) is 36.0 Å². The Morgan fingerprint density at radius 2 is 1.32 bits per heavy atom. The molecule has 0 aliphatic heterocycles. The van der Waals surface area contributed by atoms with Gasteiger partial charge in [0.05, 0.1) is 25.7 Å². The van der Waals surface area contributed by atoms with Crippen molar-refractivity contribution >= 4 is 46.5 Å². The molecule has 1 heterocycles. The summed E-state index contributed by atoms with van der Waals surface area (Å²) in [5, 5.41) is 47.4. The van der Waals surface area contributed by atoms with Gasteiger partial charge in [0, 0.05) is 23.5 Å². The number of benzene rings is 1. The monoisotopic (exact) mass is 621 g/mol. The summed E-state index contributed by atoms with van der Waals surface area (Å²) in [6.07, 6.45) is 1.98. The van der Waals surface area contributed by atoms with Gasteiger partial charge in [-0.3, -0.25) is 24.0 Å². The number of aromatic amines is 1. The Labute approximate surface area is 251 Å². The van der Waals surface area contributed by atoms with Crippen molar-refractivity contribution in [1.82, 2.24) is 26.3 Å². The van der Waals surface area contributed by atoms with E-state index in [0.717, 1.165) is 5.52 Å². The van der Waals surface area contributed by atoms with Crippen molar-refractivity contribution in [2.45, 2.75) is 62.3 Å². The number of aromatic nitrogens is 1. The summed E-state index contributed by atoms with van der Waals surface area (Å²) in [4.78, 5) is 77.0. The van der Waals surface area contributed by atoms with Crippen LogP contribution in [0.3, 0.4) is 0 Å². The molecule has 5 atom stereocenters. The van der Waals surface area contributed by atoms with Crippen LogP contribution in [0.5, 0.6) is 0 Å². The Morgan fingerprint density at radius 1 is 0.773 bits per heavy atom. The predicted octanol–water partition coefficient (Wildman–Crippen LogP) is -3.35. The molecular weight excluding hydrogens is 582 g/mol. The van der Waals surface area contributed by atoms with Gasteiger partial charge in [0.25, 0.3) is 0 Å². The zero-order valence-electron chi connectivity index (χ0n) is 23.8. The Kier molecular flexibility index (Phi) is 14.2. The van der Waals surface area contributed by atoms with Crippen LogP contribution in [0.25, 0.3) is 10.9 Å². The van der Waals surface area contributed by atoms with E-state index >= 15 is 0 Å². The minimum absolute atomic E-state index is 0.150. The molecule has 17 nitrogen and oxygen atoms in total. The number of carbonyl (C=O) groups is 6. The van der Waals surface area contributed by atoms with Crippen LogP contribution in [0.1, 0.15) is 31.2 Å². The van der Waals surface area contributed by atoms with Crippen molar-refractivity contribution < 1.29 is 49.2 Å². The molecule has 1 aromatic heterocycles. The third-order valence-corrected chi connectivity index (χ3v) is 6.66. The summed E-state index contributed by atoms with van der Waals surface area (Å²) in [6.45, 7) is -1.42. The second-order valence-electron chi connectivity index (χ2n) is 10.0. The molecule has 4 amide bonds. The molecule has 0 bridgehead atoms. The minimum Gasteiger partial charge on any atom is -0.481 e. The Bertz CT molecular complexity index is 1320. The summed E-state index contributed by atoms with van der Waals surface area (Å²) < 4.78 is 0. The second kappa shape index (κ2) is 17.5. The first-order valence-corrected chi connectivity index (χ1v) is 13.8. The highest BCUT2D eigenvalue weighted by Crippen LogP contribution is 2.19. The zero-order chi connectivity index (χ0) is 32.8. The number of carbonyl (C=O) groups excluding carboxylic acids is 4. The lowest BCUT2D eigenvalue weighted by Gasteiger charge is -2.25. The first-order chi connectivity index (χ1) is 20.9. The number of nitrogens with one attached hydrogen (secondary N) is 5. The molecule has 17 heteroatoms. The van der Waals surface area contributed by atoms with Gasteiger partial charge in [-0.1, -0.05) is 24.6 Å². The number of aliphatic carboxylic acids is 2. The number of carboxylic acids is 2. The van der Waals surface area contributed by atoms with Gasteiger partial charge in [-0.2, -0.15) is 0 Å². The van der Waals surface area contributed by atoms with Crippen LogP contribution in [0.15, 0.2) is 30.5 Å². The highest BCUT2D eigenvalue weighted by atomic mass is 16.4. The number of aliphatic hydroxyl groups excluding tert-OH is 2. The van der Waals surface area contributed by atoms with E-state index in [1.54, 1.807) is 30.5 Å². The number of unbranched alkanes of at least 4 members (excludes halogenated alkanes) is 1. The first kappa shape index (κ1) is 35.6. The van der Waals surface area contributed by atoms with Gasteiger partial charge < -0.3 is 58.1 Å². The maximum Gasteiger partial charge on any atom is 0.326 e. The molecule has 0 fully saturated rings. The van der Waals surface area contributed by atoms with Crippen molar-refractivity contribution in [3.8, 4) is 0 Å². The third kappa shape index (κ3) is 10.6. The molecule has 13 N–H and O–H groups in total. The number of carboxylic acid groups (broad SMARTS) is 2. The Hall–Kier alpha value is -4.58. The fraction of sp³-hybridized carbons (Fsp3) is 0.481. The number of nitrogens with two attached hydrogens (primary N) is 2. The second-order valence-corrected chi connectivity index (χ2v) is 10.0. The van der Waals surface area contributed by atoms with Crippen LogP contribution in [0.2, 0.25) is 0 Å². The fourth-order valence-electron chi connectivity index (χ4n) is 4.23. The number of hydrogen-bond donors (Lipinski definition) is 11. The lowest BCUT2D eigenvalue weighted by molar-refractivity contribution is -0.147. The average molecular weight is 622 g/mol. The average Bonchev–Trinajstić information content (AvgIpc) is 3.39. The summed E-state index contributed by atoms with van der Waals surface area (Å²) >= 11 is 0. The van der Waals surface area contributed by atoms with Crippen molar-refractivity contribution in [1.29, 1.82) is 0 Å². The third-order valence-electron chi connectivity index (χ3n) is 6.66. The van der Waals surface area contributed by atoms with Gasteiger partial charge in [-0.05, 0) is 31.0 Å². The number of aliphatic hydroxyl groups is 2. The molecule has 242 valence electrons. The molecule has 0 radical (unpaired) electrons. The van der Waals surface area contributed by atoms with Crippen LogP contribution < -0.4 is 32.7 Å². The van der Waals surface area contributed by atoms with Crippen molar-refractivity contribution in [2.75, 3.05) is 19.8 Å². The number of para-hydroxylation sites is 1.